The molecule has 1 aromatic rings. The van der Waals surface area contributed by atoms with Crippen molar-refractivity contribution in [2.24, 2.45) is 11.3 Å². The van der Waals surface area contributed by atoms with E-state index in [0.717, 1.165) is 37.9 Å². The van der Waals surface area contributed by atoms with Gasteiger partial charge in [-0.3, -0.25) is 4.79 Å². The topological polar surface area (TPSA) is 32.3 Å². The third-order valence-corrected chi connectivity index (χ3v) is 5.61. The van der Waals surface area contributed by atoms with Crippen LogP contribution in [0.3, 0.4) is 0 Å². The molecular weight excluding hydrogens is 307 g/mol. The lowest BCUT2D eigenvalue weighted by Crippen LogP contribution is -2.34. The first-order valence-electron chi connectivity index (χ1n) is 7.41. The smallest absolute Gasteiger partial charge is 0.226 e. The third kappa shape index (κ3) is 3.05. The fraction of sp³-hybridized carbons (Fsp3) is 0.562. The van der Waals surface area contributed by atoms with Crippen molar-refractivity contribution in [1.29, 1.82) is 0 Å². The molecule has 5 heteroatoms. The summed E-state index contributed by atoms with van der Waals surface area (Å²) in [5, 5.41) is 4.45. The zero-order chi connectivity index (χ0) is 15.0. The Labute approximate surface area is 135 Å². The second kappa shape index (κ2) is 5.79. The lowest BCUT2D eigenvalue weighted by atomic mass is 9.91. The van der Waals surface area contributed by atoms with Gasteiger partial charge in [-0.25, -0.2) is 0 Å². The van der Waals surface area contributed by atoms with E-state index < -0.39 is 0 Å². The predicted octanol–water partition coefficient (Wildman–Crippen LogP) is 3.34. The number of benzene rings is 1. The first-order valence-corrected chi connectivity index (χ1v) is 8.17. The Balaban J connectivity index is 1.61. The normalized spacial score (nSPS) is 23.1. The highest BCUT2D eigenvalue weighted by Gasteiger charge is 2.58. The summed E-state index contributed by atoms with van der Waals surface area (Å²) >= 11 is 11.9. The van der Waals surface area contributed by atoms with Gasteiger partial charge in [-0.05, 0) is 55.5 Å². The van der Waals surface area contributed by atoms with Crippen LogP contribution in [0.2, 0.25) is 10.0 Å². The van der Waals surface area contributed by atoms with E-state index >= 15 is 0 Å². The van der Waals surface area contributed by atoms with Crippen molar-refractivity contribution in [2.45, 2.75) is 25.8 Å². The quantitative estimate of drug-likeness (QED) is 0.923. The first kappa shape index (κ1) is 15.1. The molecule has 1 unspecified atom stereocenters. The van der Waals surface area contributed by atoms with Gasteiger partial charge in [0.1, 0.15) is 0 Å². The first-order chi connectivity index (χ1) is 10.0. The van der Waals surface area contributed by atoms with Crippen molar-refractivity contribution in [2.75, 3.05) is 20.1 Å². The zero-order valence-corrected chi connectivity index (χ0v) is 13.7. The summed E-state index contributed by atoms with van der Waals surface area (Å²) < 4.78 is 0. The number of rotatable bonds is 3. The van der Waals surface area contributed by atoms with Crippen LogP contribution in [0.25, 0.3) is 0 Å². The van der Waals surface area contributed by atoms with Gasteiger partial charge in [0.2, 0.25) is 5.91 Å². The average molecular weight is 327 g/mol. The van der Waals surface area contributed by atoms with E-state index in [1.54, 1.807) is 6.07 Å². The predicted molar refractivity (Wildman–Crippen MR) is 85.6 cm³/mol. The number of carbonyl (C=O) groups is 1. The van der Waals surface area contributed by atoms with E-state index in [2.05, 4.69) is 5.32 Å². The van der Waals surface area contributed by atoms with E-state index in [4.69, 9.17) is 23.2 Å². The van der Waals surface area contributed by atoms with Gasteiger partial charge in [0.25, 0.3) is 0 Å². The Bertz CT molecular complexity index is 555. The van der Waals surface area contributed by atoms with Gasteiger partial charge in [-0.15, -0.1) is 0 Å². The highest BCUT2D eigenvalue weighted by Crippen LogP contribution is 2.59. The number of nitrogens with zero attached hydrogens (tertiary/aromatic N) is 1. The SMILES string of the molecule is CN(Cc1ccc(Cl)c(Cl)c1)C(=O)C1CC12CCNCC2. The molecule has 0 radical (unpaired) electrons. The Morgan fingerprint density at radius 2 is 2.05 bits per heavy atom. The van der Waals surface area contributed by atoms with Gasteiger partial charge in [-0.2, -0.15) is 0 Å². The number of hydrogen-bond donors (Lipinski definition) is 1. The molecule has 1 aromatic carbocycles. The van der Waals surface area contributed by atoms with Crippen LogP contribution in [-0.2, 0) is 11.3 Å². The van der Waals surface area contributed by atoms with E-state index in [1.807, 2.05) is 24.1 Å². The summed E-state index contributed by atoms with van der Waals surface area (Å²) in [4.78, 5) is 14.4. The van der Waals surface area contributed by atoms with Crippen molar-refractivity contribution in [3.8, 4) is 0 Å². The maximum Gasteiger partial charge on any atom is 0.226 e. The highest BCUT2D eigenvalue weighted by molar-refractivity contribution is 6.42. The maximum atomic E-state index is 12.6. The summed E-state index contributed by atoms with van der Waals surface area (Å²) in [6.45, 7) is 2.67. The zero-order valence-electron chi connectivity index (χ0n) is 12.2. The van der Waals surface area contributed by atoms with Crippen LogP contribution < -0.4 is 5.32 Å². The molecule has 2 fully saturated rings. The molecule has 1 saturated heterocycles. The van der Waals surface area contributed by atoms with Gasteiger partial charge in [0.15, 0.2) is 0 Å². The molecule has 0 bridgehead atoms. The molecule has 1 N–H and O–H groups in total. The van der Waals surface area contributed by atoms with Crippen LogP contribution in [-0.4, -0.2) is 30.9 Å². The van der Waals surface area contributed by atoms with Crippen LogP contribution in [0.4, 0.5) is 0 Å². The largest absolute Gasteiger partial charge is 0.341 e. The summed E-state index contributed by atoms with van der Waals surface area (Å²) in [6.07, 6.45) is 3.31. The number of piperidine rings is 1. The van der Waals surface area contributed by atoms with Crippen LogP contribution >= 0.6 is 23.2 Å². The van der Waals surface area contributed by atoms with Crippen molar-refractivity contribution in [1.82, 2.24) is 10.2 Å². The number of halogens is 2. The van der Waals surface area contributed by atoms with Gasteiger partial charge in [0, 0.05) is 19.5 Å². The molecular formula is C16H20Cl2N2O. The lowest BCUT2D eigenvalue weighted by molar-refractivity contribution is -0.132. The van der Waals surface area contributed by atoms with Crippen LogP contribution in [0.5, 0.6) is 0 Å². The van der Waals surface area contributed by atoms with Crippen LogP contribution in [0, 0.1) is 11.3 Å². The van der Waals surface area contributed by atoms with Gasteiger partial charge >= 0.3 is 0 Å². The summed E-state index contributed by atoms with van der Waals surface area (Å²) in [6, 6.07) is 5.54. The monoisotopic (exact) mass is 326 g/mol. The van der Waals surface area contributed by atoms with Crippen molar-refractivity contribution in [3.05, 3.63) is 33.8 Å². The minimum Gasteiger partial charge on any atom is -0.341 e. The standard InChI is InChI=1S/C16H20Cl2N2O/c1-20(10-11-2-3-13(17)14(18)8-11)15(21)12-9-16(12)4-6-19-7-5-16/h2-3,8,12,19H,4-7,9-10H2,1H3. The number of nitrogens with one attached hydrogen (secondary N) is 1. The minimum atomic E-state index is 0.215. The van der Waals surface area contributed by atoms with Crippen LogP contribution in [0.1, 0.15) is 24.8 Å². The molecule has 1 atom stereocenters. The number of hydrogen-bond acceptors (Lipinski definition) is 2. The Morgan fingerprint density at radius 1 is 1.33 bits per heavy atom. The Hall–Kier alpha value is -0.770. The van der Waals surface area contributed by atoms with Gasteiger partial charge < -0.3 is 10.2 Å². The van der Waals surface area contributed by atoms with E-state index in [9.17, 15) is 4.79 Å². The fourth-order valence-corrected chi connectivity index (χ4v) is 3.75. The molecule has 1 aliphatic carbocycles. The lowest BCUT2D eigenvalue weighted by Gasteiger charge is -2.25. The second-order valence-electron chi connectivity index (χ2n) is 6.31. The number of carbonyl (C=O) groups excluding carboxylic acids is 1. The van der Waals surface area contributed by atoms with E-state index in [1.165, 1.54) is 0 Å². The van der Waals surface area contributed by atoms with E-state index in [0.29, 0.717) is 16.6 Å². The molecule has 1 amide bonds. The molecule has 3 nitrogen and oxygen atoms in total. The molecule has 0 aromatic heterocycles. The molecule has 3 rings (SSSR count). The molecule has 1 heterocycles. The molecule has 1 aliphatic heterocycles. The third-order valence-electron chi connectivity index (χ3n) is 4.87. The Morgan fingerprint density at radius 3 is 2.71 bits per heavy atom. The minimum absolute atomic E-state index is 0.215. The van der Waals surface area contributed by atoms with E-state index in [-0.39, 0.29) is 17.2 Å². The van der Waals surface area contributed by atoms with Gasteiger partial charge in [0.05, 0.1) is 10.0 Å². The molecule has 2 aliphatic rings. The van der Waals surface area contributed by atoms with Crippen LogP contribution in [0.15, 0.2) is 18.2 Å². The number of amides is 1. The van der Waals surface area contributed by atoms with Gasteiger partial charge in [-0.1, -0.05) is 29.3 Å². The molecule has 1 spiro atoms. The molecule has 1 saturated carbocycles. The summed E-state index contributed by atoms with van der Waals surface area (Å²) in [7, 11) is 1.87. The second-order valence-corrected chi connectivity index (χ2v) is 7.13. The Kier molecular flexibility index (Phi) is 4.17. The molecule has 21 heavy (non-hydrogen) atoms. The summed E-state index contributed by atoms with van der Waals surface area (Å²) in [5.74, 6) is 0.482. The molecule has 114 valence electrons. The van der Waals surface area contributed by atoms with Crippen molar-refractivity contribution in [3.63, 3.8) is 0 Å². The summed E-state index contributed by atoms with van der Waals surface area (Å²) in [5.41, 5.74) is 1.30. The van der Waals surface area contributed by atoms with Crippen molar-refractivity contribution >= 4 is 29.1 Å². The van der Waals surface area contributed by atoms with Crippen molar-refractivity contribution < 1.29 is 4.79 Å². The fourth-order valence-electron chi connectivity index (χ4n) is 3.43. The maximum absolute atomic E-state index is 12.6. The average Bonchev–Trinajstić information content (AvgIpc) is 3.16. The highest BCUT2D eigenvalue weighted by atomic mass is 35.5.